The van der Waals surface area contributed by atoms with E-state index in [0.717, 1.165) is 18.4 Å². The molecule has 0 bridgehead atoms. The topological polar surface area (TPSA) is 75.4 Å². The molecule has 1 aromatic carbocycles. The molecule has 2 saturated carbocycles. The van der Waals surface area contributed by atoms with E-state index < -0.39 is 0 Å². The van der Waals surface area contributed by atoms with Crippen molar-refractivity contribution < 1.29 is 14.1 Å². The van der Waals surface area contributed by atoms with Crippen LogP contribution in [0.25, 0.3) is 0 Å². The van der Waals surface area contributed by atoms with Gasteiger partial charge in [-0.05, 0) is 50.7 Å². The molecule has 2 aliphatic rings. The fraction of sp³-hybridized carbons (Fsp3) is 0.450. The van der Waals surface area contributed by atoms with Crippen LogP contribution in [-0.4, -0.2) is 34.5 Å². The zero-order valence-corrected chi connectivity index (χ0v) is 14.9. The standard InChI is InChI=1S/C20H23N3O3/c1-13-2-6-15(7-3-13)20(25)23(16-8-9-16)12-17-10-18(22-26-17)19(24)21-11-14-4-5-14/h2-3,6-7,10,14,16H,4-5,8-9,11-12H2,1H3,(H,21,24). The van der Waals surface area contributed by atoms with Crippen LogP contribution in [0.4, 0.5) is 0 Å². The van der Waals surface area contributed by atoms with E-state index in [4.69, 9.17) is 4.52 Å². The molecule has 6 nitrogen and oxygen atoms in total. The maximum atomic E-state index is 12.9. The zero-order chi connectivity index (χ0) is 18.1. The highest BCUT2D eigenvalue weighted by Crippen LogP contribution is 2.30. The van der Waals surface area contributed by atoms with Gasteiger partial charge in [0.15, 0.2) is 11.5 Å². The summed E-state index contributed by atoms with van der Waals surface area (Å²) in [5.41, 5.74) is 2.07. The van der Waals surface area contributed by atoms with Crippen LogP contribution in [0.1, 0.15) is 57.9 Å². The van der Waals surface area contributed by atoms with Gasteiger partial charge in [-0.2, -0.15) is 0 Å². The van der Waals surface area contributed by atoms with Crippen LogP contribution in [-0.2, 0) is 6.54 Å². The van der Waals surface area contributed by atoms with Crippen molar-refractivity contribution in [1.29, 1.82) is 0 Å². The number of benzene rings is 1. The highest BCUT2D eigenvalue weighted by atomic mass is 16.5. The Kier molecular flexibility index (Phi) is 4.49. The summed E-state index contributed by atoms with van der Waals surface area (Å²) in [5.74, 6) is 0.926. The van der Waals surface area contributed by atoms with Gasteiger partial charge in [0.25, 0.3) is 11.8 Å². The molecule has 4 rings (SSSR count). The fourth-order valence-corrected chi connectivity index (χ4v) is 2.93. The minimum absolute atomic E-state index is 0.0105. The first-order valence-electron chi connectivity index (χ1n) is 9.21. The molecule has 6 heteroatoms. The van der Waals surface area contributed by atoms with Crippen molar-refractivity contribution in [2.75, 3.05) is 6.54 Å². The Hall–Kier alpha value is -2.63. The van der Waals surface area contributed by atoms with Gasteiger partial charge in [0.05, 0.1) is 6.54 Å². The number of nitrogens with one attached hydrogen (secondary N) is 1. The number of carbonyl (C=O) groups is 2. The van der Waals surface area contributed by atoms with Gasteiger partial charge in [-0.15, -0.1) is 0 Å². The van der Waals surface area contributed by atoms with Gasteiger partial charge in [0.1, 0.15) is 0 Å². The lowest BCUT2D eigenvalue weighted by atomic mass is 10.1. The number of hydrogen-bond acceptors (Lipinski definition) is 4. The molecule has 0 aliphatic heterocycles. The van der Waals surface area contributed by atoms with Crippen molar-refractivity contribution in [2.24, 2.45) is 5.92 Å². The molecule has 0 saturated heterocycles. The summed E-state index contributed by atoms with van der Waals surface area (Å²) in [7, 11) is 0. The predicted molar refractivity (Wildman–Crippen MR) is 95.6 cm³/mol. The largest absolute Gasteiger partial charge is 0.359 e. The van der Waals surface area contributed by atoms with E-state index in [1.54, 1.807) is 6.07 Å². The first-order valence-corrected chi connectivity index (χ1v) is 9.21. The number of hydrogen-bond donors (Lipinski definition) is 1. The van der Waals surface area contributed by atoms with Crippen LogP contribution < -0.4 is 5.32 Å². The summed E-state index contributed by atoms with van der Waals surface area (Å²) < 4.78 is 5.32. The molecule has 0 radical (unpaired) electrons. The van der Waals surface area contributed by atoms with E-state index in [1.165, 1.54) is 12.8 Å². The maximum absolute atomic E-state index is 12.9. The average molecular weight is 353 g/mol. The highest BCUT2D eigenvalue weighted by molar-refractivity contribution is 5.95. The molecule has 26 heavy (non-hydrogen) atoms. The number of aromatic nitrogens is 1. The van der Waals surface area contributed by atoms with Gasteiger partial charge in [-0.3, -0.25) is 9.59 Å². The van der Waals surface area contributed by atoms with Gasteiger partial charge in [-0.25, -0.2) is 0 Å². The molecular weight excluding hydrogens is 330 g/mol. The Labute approximate surface area is 152 Å². The van der Waals surface area contributed by atoms with Crippen LogP contribution >= 0.6 is 0 Å². The molecule has 0 atom stereocenters. The summed E-state index contributed by atoms with van der Waals surface area (Å²) in [6.07, 6.45) is 4.37. The zero-order valence-electron chi connectivity index (χ0n) is 14.9. The van der Waals surface area contributed by atoms with Crippen molar-refractivity contribution in [3.8, 4) is 0 Å². The summed E-state index contributed by atoms with van der Waals surface area (Å²) in [6.45, 7) is 3.03. The first-order chi connectivity index (χ1) is 12.6. The third kappa shape index (κ3) is 3.95. The van der Waals surface area contributed by atoms with Crippen molar-refractivity contribution in [2.45, 2.75) is 45.2 Å². The van der Waals surface area contributed by atoms with Crippen LogP contribution in [0.3, 0.4) is 0 Å². The molecule has 2 fully saturated rings. The second kappa shape index (κ2) is 6.94. The quantitative estimate of drug-likeness (QED) is 0.830. The highest BCUT2D eigenvalue weighted by Gasteiger charge is 2.34. The molecule has 0 spiro atoms. The average Bonchev–Trinajstić information content (AvgIpc) is 3.57. The molecule has 0 unspecified atom stereocenters. The van der Waals surface area contributed by atoms with E-state index in [9.17, 15) is 9.59 Å². The molecule has 1 aromatic heterocycles. The van der Waals surface area contributed by atoms with E-state index in [0.29, 0.717) is 30.3 Å². The lowest BCUT2D eigenvalue weighted by Crippen LogP contribution is -2.32. The third-order valence-electron chi connectivity index (χ3n) is 4.91. The van der Waals surface area contributed by atoms with Crippen molar-refractivity contribution in [3.05, 3.63) is 52.9 Å². The van der Waals surface area contributed by atoms with E-state index in [-0.39, 0.29) is 23.6 Å². The van der Waals surface area contributed by atoms with Crippen molar-refractivity contribution >= 4 is 11.8 Å². The number of carbonyl (C=O) groups excluding carboxylic acids is 2. The van der Waals surface area contributed by atoms with Gasteiger partial charge < -0.3 is 14.7 Å². The predicted octanol–water partition coefficient (Wildman–Crippen LogP) is 2.93. The third-order valence-corrected chi connectivity index (χ3v) is 4.91. The molecule has 1 N–H and O–H groups in total. The second-order valence-electron chi connectivity index (χ2n) is 7.36. The molecule has 2 amide bonds. The minimum Gasteiger partial charge on any atom is -0.359 e. The normalized spacial score (nSPS) is 16.3. The molecule has 2 aliphatic carbocycles. The maximum Gasteiger partial charge on any atom is 0.273 e. The summed E-state index contributed by atoms with van der Waals surface area (Å²) in [5, 5.41) is 6.74. The SMILES string of the molecule is Cc1ccc(C(=O)N(Cc2cc(C(=O)NCC3CC3)no2)C2CC2)cc1. The molecule has 1 heterocycles. The van der Waals surface area contributed by atoms with Gasteiger partial charge in [-0.1, -0.05) is 22.9 Å². The van der Waals surface area contributed by atoms with Crippen LogP contribution in [0, 0.1) is 12.8 Å². The lowest BCUT2D eigenvalue weighted by molar-refractivity contribution is 0.0712. The first kappa shape index (κ1) is 16.8. The van der Waals surface area contributed by atoms with Gasteiger partial charge >= 0.3 is 0 Å². The van der Waals surface area contributed by atoms with Crippen LogP contribution in [0.5, 0.6) is 0 Å². The minimum atomic E-state index is -0.213. The Balaban J connectivity index is 1.42. The second-order valence-corrected chi connectivity index (χ2v) is 7.36. The summed E-state index contributed by atoms with van der Waals surface area (Å²) in [6, 6.07) is 9.46. The lowest BCUT2D eigenvalue weighted by Gasteiger charge is -2.21. The van der Waals surface area contributed by atoms with E-state index in [2.05, 4.69) is 10.5 Å². The number of aryl methyl sites for hydroxylation is 1. The molecule has 2 aromatic rings. The Morgan fingerprint density at radius 2 is 1.92 bits per heavy atom. The van der Waals surface area contributed by atoms with Crippen molar-refractivity contribution in [3.63, 3.8) is 0 Å². The van der Waals surface area contributed by atoms with Gasteiger partial charge in [0, 0.05) is 24.2 Å². The Bertz CT molecular complexity index is 804. The number of rotatable bonds is 7. The number of nitrogens with zero attached hydrogens (tertiary/aromatic N) is 2. The fourth-order valence-electron chi connectivity index (χ4n) is 2.93. The van der Waals surface area contributed by atoms with Crippen molar-refractivity contribution in [1.82, 2.24) is 15.4 Å². The Morgan fingerprint density at radius 3 is 2.58 bits per heavy atom. The number of amides is 2. The summed E-state index contributed by atoms with van der Waals surface area (Å²) >= 11 is 0. The van der Waals surface area contributed by atoms with Crippen LogP contribution in [0.15, 0.2) is 34.9 Å². The summed E-state index contributed by atoms with van der Waals surface area (Å²) in [4.78, 5) is 26.8. The smallest absolute Gasteiger partial charge is 0.273 e. The van der Waals surface area contributed by atoms with Gasteiger partial charge in [0.2, 0.25) is 0 Å². The monoisotopic (exact) mass is 353 g/mol. The van der Waals surface area contributed by atoms with E-state index >= 15 is 0 Å². The Morgan fingerprint density at radius 1 is 1.19 bits per heavy atom. The van der Waals surface area contributed by atoms with Crippen LogP contribution in [0.2, 0.25) is 0 Å². The van der Waals surface area contributed by atoms with E-state index in [1.807, 2.05) is 36.1 Å². The molecular formula is C20H23N3O3. The molecule has 136 valence electrons.